The molecule has 2 heterocycles. The van der Waals surface area contributed by atoms with Gasteiger partial charge in [0.25, 0.3) is 0 Å². The van der Waals surface area contributed by atoms with Crippen LogP contribution in [0.25, 0.3) is 0 Å². The summed E-state index contributed by atoms with van der Waals surface area (Å²) in [6.07, 6.45) is 7.54. The summed E-state index contributed by atoms with van der Waals surface area (Å²) >= 11 is 0. The van der Waals surface area contributed by atoms with Crippen molar-refractivity contribution in [2.45, 2.75) is 44.2 Å². The number of nitrogens with zero attached hydrogens (tertiary/aromatic N) is 2. The largest absolute Gasteiger partial charge is 0.389 e. The SMILES string of the molecule is OC1(CNCc2ccc(N3CCCC3)nc2)CCC1. The van der Waals surface area contributed by atoms with Crippen LogP contribution in [0, 0.1) is 0 Å². The Labute approximate surface area is 114 Å². The number of aliphatic hydroxyl groups is 1. The minimum Gasteiger partial charge on any atom is -0.389 e. The fourth-order valence-corrected chi connectivity index (χ4v) is 2.86. The van der Waals surface area contributed by atoms with Gasteiger partial charge in [0.05, 0.1) is 5.60 Å². The molecule has 1 aromatic rings. The van der Waals surface area contributed by atoms with Gasteiger partial charge in [0, 0.05) is 32.4 Å². The first-order valence-electron chi connectivity index (χ1n) is 7.38. The minimum absolute atomic E-state index is 0.442. The summed E-state index contributed by atoms with van der Waals surface area (Å²) in [4.78, 5) is 6.87. The Morgan fingerprint density at radius 2 is 2.00 bits per heavy atom. The standard InChI is InChI=1S/C15H23N3O/c19-15(6-3-7-15)12-16-10-13-4-5-14(17-11-13)18-8-1-2-9-18/h4-5,11,16,19H,1-3,6-10,12H2. The molecule has 0 aromatic carbocycles. The van der Waals surface area contributed by atoms with Crippen LogP contribution in [0.15, 0.2) is 18.3 Å². The van der Waals surface area contributed by atoms with Crippen LogP contribution in [0.1, 0.15) is 37.7 Å². The Morgan fingerprint density at radius 1 is 1.21 bits per heavy atom. The summed E-state index contributed by atoms with van der Waals surface area (Å²) in [5.41, 5.74) is 0.744. The molecule has 1 saturated carbocycles. The summed E-state index contributed by atoms with van der Waals surface area (Å²) in [5.74, 6) is 1.10. The quantitative estimate of drug-likeness (QED) is 0.847. The Bertz CT molecular complexity index is 408. The van der Waals surface area contributed by atoms with Gasteiger partial charge in [-0.05, 0) is 43.7 Å². The predicted octanol–water partition coefficient (Wildman–Crippen LogP) is 1.69. The maximum atomic E-state index is 9.99. The van der Waals surface area contributed by atoms with Crippen molar-refractivity contribution in [3.8, 4) is 0 Å². The van der Waals surface area contributed by atoms with Gasteiger partial charge in [-0.15, -0.1) is 0 Å². The molecule has 3 rings (SSSR count). The van der Waals surface area contributed by atoms with Crippen LogP contribution in [0.4, 0.5) is 5.82 Å². The van der Waals surface area contributed by atoms with E-state index in [2.05, 4.69) is 27.3 Å². The fourth-order valence-electron chi connectivity index (χ4n) is 2.86. The molecule has 2 fully saturated rings. The van der Waals surface area contributed by atoms with Gasteiger partial charge in [-0.3, -0.25) is 0 Å². The number of rotatable bonds is 5. The third-order valence-corrected chi connectivity index (χ3v) is 4.31. The summed E-state index contributed by atoms with van der Waals surface area (Å²) < 4.78 is 0. The van der Waals surface area contributed by atoms with Crippen LogP contribution in [0.5, 0.6) is 0 Å². The summed E-state index contributed by atoms with van der Waals surface area (Å²) in [7, 11) is 0. The maximum absolute atomic E-state index is 9.99. The molecule has 2 N–H and O–H groups in total. The highest BCUT2D eigenvalue weighted by molar-refractivity contribution is 5.40. The van der Waals surface area contributed by atoms with E-state index >= 15 is 0 Å². The van der Waals surface area contributed by atoms with Crippen LogP contribution in [-0.4, -0.2) is 35.3 Å². The average Bonchev–Trinajstić information content (AvgIpc) is 2.91. The normalized spacial score (nSPS) is 21.4. The molecular weight excluding hydrogens is 238 g/mol. The van der Waals surface area contributed by atoms with Gasteiger partial charge < -0.3 is 15.3 Å². The third-order valence-electron chi connectivity index (χ3n) is 4.31. The molecular formula is C15H23N3O. The highest BCUT2D eigenvalue weighted by Crippen LogP contribution is 2.30. The van der Waals surface area contributed by atoms with Crippen molar-refractivity contribution in [2.75, 3.05) is 24.5 Å². The van der Waals surface area contributed by atoms with Crippen LogP contribution in [-0.2, 0) is 6.54 Å². The van der Waals surface area contributed by atoms with Crippen LogP contribution < -0.4 is 10.2 Å². The number of anilines is 1. The first-order valence-corrected chi connectivity index (χ1v) is 7.38. The van der Waals surface area contributed by atoms with Gasteiger partial charge in [-0.2, -0.15) is 0 Å². The van der Waals surface area contributed by atoms with Crippen molar-refractivity contribution in [3.63, 3.8) is 0 Å². The van der Waals surface area contributed by atoms with E-state index in [1.807, 2.05) is 6.20 Å². The number of pyridine rings is 1. The summed E-state index contributed by atoms with van der Waals surface area (Å²) in [6, 6.07) is 4.25. The lowest BCUT2D eigenvalue weighted by Crippen LogP contribution is -2.45. The molecule has 0 atom stereocenters. The lowest BCUT2D eigenvalue weighted by atomic mass is 9.80. The molecule has 0 radical (unpaired) electrons. The second-order valence-corrected chi connectivity index (χ2v) is 5.90. The highest BCUT2D eigenvalue weighted by Gasteiger charge is 2.33. The molecule has 0 spiro atoms. The van der Waals surface area contributed by atoms with E-state index in [-0.39, 0.29) is 0 Å². The number of hydrogen-bond acceptors (Lipinski definition) is 4. The monoisotopic (exact) mass is 261 g/mol. The zero-order valence-corrected chi connectivity index (χ0v) is 11.4. The van der Waals surface area contributed by atoms with Crippen molar-refractivity contribution in [2.24, 2.45) is 0 Å². The molecule has 1 aliphatic heterocycles. The van der Waals surface area contributed by atoms with Gasteiger partial charge in [-0.1, -0.05) is 6.07 Å². The van der Waals surface area contributed by atoms with E-state index in [0.29, 0.717) is 6.54 Å². The van der Waals surface area contributed by atoms with E-state index in [1.54, 1.807) is 0 Å². The summed E-state index contributed by atoms with van der Waals surface area (Å²) in [5, 5.41) is 13.3. The van der Waals surface area contributed by atoms with E-state index in [4.69, 9.17) is 0 Å². The number of hydrogen-bond donors (Lipinski definition) is 2. The first-order chi connectivity index (χ1) is 9.25. The molecule has 104 valence electrons. The predicted molar refractivity (Wildman–Crippen MR) is 76.2 cm³/mol. The van der Waals surface area contributed by atoms with Crippen LogP contribution >= 0.6 is 0 Å². The maximum Gasteiger partial charge on any atom is 0.128 e. The smallest absolute Gasteiger partial charge is 0.128 e. The van der Waals surface area contributed by atoms with Crippen molar-refractivity contribution in [1.29, 1.82) is 0 Å². The molecule has 2 aliphatic rings. The highest BCUT2D eigenvalue weighted by atomic mass is 16.3. The molecule has 1 saturated heterocycles. The average molecular weight is 261 g/mol. The Morgan fingerprint density at radius 3 is 2.58 bits per heavy atom. The minimum atomic E-state index is -0.442. The van der Waals surface area contributed by atoms with Gasteiger partial charge in [-0.25, -0.2) is 4.98 Å². The van der Waals surface area contributed by atoms with Crippen molar-refractivity contribution >= 4 is 5.82 Å². The molecule has 0 unspecified atom stereocenters. The fraction of sp³-hybridized carbons (Fsp3) is 0.667. The topological polar surface area (TPSA) is 48.4 Å². The Hall–Kier alpha value is -1.13. The van der Waals surface area contributed by atoms with Crippen molar-refractivity contribution in [3.05, 3.63) is 23.9 Å². The summed E-state index contributed by atoms with van der Waals surface area (Å²) in [6.45, 7) is 3.76. The second-order valence-electron chi connectivity index (χ2n) is 5.90. The van der Waals surface area contributed by atoms with E-state index in [0.717, 1.165) is 44.7 Å². The first kappa shape index (κ1) is 12.9. The van der Waals surface area contributed by atoms with Gasteiger partial charge >= 0.3 is 0 Å². The van der Waals surface area contributed by atoms with Crippen molar-refractivity contribution < 1.29 is 5.11 Å². The molecule has 0 bridgehead atoms. The van der Waals surface area contributed by atoms with Crippen molar-refractivity contribution in [1.82, 2.24) is 10.3 Å². The van der Waals surface area contributed by atoms with E-state index in [1.165, 1.54) is 18.4 Å². The Kier molecular flexibility index (Phi) is 3.71. The molecule has 4 nitrogen and oxygen atoms in total. The van der Waals surface area contributed by atoms with Crippen LogP contribution in [0.3, 0.4) is 0 Å². The van der Waals surface area contributed by atoms with Gasteiger partial charge in [0.1, 0.15) is 5.82 Å². The van der Waals surface area contributed by atoms with Crippen LogP contribution in [0.2, 0.25) is 0 Å². The molecule has 1 aliphatic carbocycles. The number of nitrogens with one attached hydrogen (secondary N) is 1. The molecule has 19 heavy (non-hydrogen) atoms. The van der Waals surface area contributed by atoms with E-state index < -0.39 is 5.60 Å². The third kappa shape index (κ3) is 3.07. The molecule has 0 amide bonds. The van der Waals surface area contributed by atoms with Gasteiger partial charge in [0.2, 0.25) is 0 Å². The van der Waals surface area contributed by atoms with Gasteiger partial charge in [0.15, 0.2) is 0 Å². The van der Waals surface area contributed by atoms with E-state index in [9.17, 15) is 5.11 Å². The molecule has 1 aromatic heterocycles. The number of aromatic nitrogens is 1. The lowest BCUT2D eigenvalue weighted by Gasteiger charge is -2.36. The Balaban J connectivity index is 1.48. The zero-order chi connectivity index (χ0) is 13.1. The zero-order valence-electron chi connectivity index (χ0n) is 11.4. The second kappa shape index (κ2) is 5.47. The lowest BCUT2D eigenvalue weighted by molar-refractivity contribution is -0.0314. The molecule has 4 heteroatoms.